The van der Waals surface area contributed by atoms with Crippen LogP contribution in [0.2, 0.25) is 0 Å². The number of hydrogen-bond acceptors (Lipinski definition) is 6. The second-order valence-corrected chi connectivity index (χ2v) is 11.2. The predicted molar refractivity (Wildman–Crippen MR) is 129 cm³/mol. The van der Waals surface area contributed by atoms with Crippen molar-refractivity contribution >= 4 is 11.7 Å². The van der Waals surface area contributed by atoms with Gasteiger partial charge in [0.15, 0.2) is 0 Å². The molecule has 4 aliphatic rings. The molecule has 200 valence electrons. The number of fused-ring (bicyclic) bond motifs is 2. The molecule has 2 bridgehead atoms. The Morgan fingerprint density at radius 2 is 2.08 bits per heavy atom. The van der Waals surface area contributed by atoms with Gasteiger partial charge in [0.25, 0.3) is 0 Å². The SMILES string of the molecule is CO[C@@H]1COCC[C@@H]1N[C@@H]1CC[C@@](C(=O)N2C[C@H]3C[C@H]2CN3c2cc(C(F)(F)F)ccn2)(C(C)C)C1. The van der Waals surface area contributed by atoms with Gasteiger partial charge in [-0.3, -0.25) is 4.79 Å². The Morgan fingerprint density at radius 1 is 1.28 bits per heavy atom. The summed E-state index contributed by atoms with van der Waals surface area (Å²) in [7, 11) is 1.71. The first-order valence-electron chi connectivity index (χ1n) is 13.1. The van der Waals surface area contributed by atoms with Gasteiger partial charge in [-0.25, -0.2) is 4.98 Å². The van der Waals surface area contributed by atoms with Crippen LogP contribution in [0, 0.1) is 11.3 Å². The zero-order chi connectivity index (χ0) is 25.7. The van der Waals surface area contributed by atoms with E-state index in [0.717, 1.165) is 44.2 Å². The Morgan fingerprint density at radius 3 is 2.75 bits per heavy atom. The number of carbonyl (C=O) groups is 1. The molecular weight excluding hydrogens is 473 g/mol. The molecule has 10 heteroatoms. The molecule has 0 aromatic carbocycles. The monoisotopic (exact) mass is 510 g/mol. The standard InChI is InChI=1S/C26H37F3N4O3/c1-16(2)25(7-4-18(12-25)31-21-6-9-36-15-22(21)35-3)24(34)33-14-19-11-20(33)13-32(19)23-10-17(5-8-30-23)26(27,28)29/h5,8,10,16,18-22,31H,4,6-7,9,11-15H2,1-3H3/t18-,19-,20+,21+,22-,25+/m1/s1. The number of rotatable bonds is 6. The van der Waals surface area contributed by atoms with E-state index in [9.17, 15) is 18.0 Å². The highest BCUT2D eigenvalue weighted by molar-refractivity contribution is 5.84. The first-order chi connectivity index (χ1) is 17.1. The number of pyridine rings is 1. The summed E-state index contributed by atoms with van der Waals surface area (Å²) >= 11 is 0. The summed E-state index contributed by atoms with van der Waals surface area (Å²) in [6.07, 6.45) is 1.10. The van der Waals surface area contributed by atoms with Crippen molar-refractivity contribution in [2.75, 3.05) is 38.3 Å². The molecule has 0 spiro atoms. The average molecular weight is 511 g/mol. The molecular formula is C26H37F3N4O3. The van der Waals surface area contributed by atoms with Crippen LogP contribution in [0.1, 0.15) is 51.5 Å². The van der Waals surface area contributed by atoms with Crippen molar-refractivity contribution in [1.82, 2.24) is 15.2 Å². The van der Waals surface area contributed by atoms with Gasteiger partial charge in [0.1, 0.15) is 5.82 Å². The topological polar surface area (TPSA) is 66.9 Å². The number of methoxy groups -OCH3 is 1. The molecule has 4 heterocycles. The number of halogens is 3. The number of hydrogen-bond donors (Lipinski definition) is 1. The molecule has 7 nitrogen and oxygen atoms in total. The Balaban J connectivity index is 1.26. The van der Waals surface area contributed by atoms with Crippen molar-refractivity contribution in [2.45, 2.75) is 82.4 Å². The Labute approximate surface area is 210 Å². The highest BCUT2D eigenvalue weighted by atomic mass is 19.4. The fourth-order valence-corrected chi connectivity index (χ4v) is 6.86. The van der Waals surface area contributed by atoms with Crippen LogP contribution < -0.4 is 10.2 Å². The number of likely N-dealkylation sites (tertiary alicyclic amines) is 1. The van der Waals surface area contributed by atoms with Crippen LogP contribution in [-0.2, 0) is 20.4 Å². The number of anilines is 1. The third-order valence-electron chi connectivity index (χ3n) is 9.01. The first-order valence-corrected chi connectivity index (χ1v) is 13.1. The van der Waals surface area contributed by atoms with Crippen LogP contribution in [0.25, 0.3) is 0 Å². The van der Waals surface area contributed by atoms with Crippen LogP contribution in [-0.4, -0.2) is 79.5 Å². The maximum atomic E-state index is 14.1. The Hall–Kier alpha value is -1.91. The highest BCUT2D eigenvalue weighted by Crippen LogP contribution is 2.48. The van der Waals surface area contributed by atoms with Crippen molar-refractivity contribution in [2.24, 2.45) is 11.3 Å². The smallest absolute Gasteiger partial charge is 0.379 e. The fourth-order valence-electron chi connectivity index (χ4n) is 6.86. The van der Waals surface area contributed by atoms with Crippen molar-refractivity contribution in [3.8, 4) is 0 Å². The van der Waals surface area contributed by atoms with Crippen LogP contribution in [0.3, 0.4) is 0 Å². The van der Waals surface area contributed by atoms with Crippen LogP contribution in [0.5, 0.6) is 0 Å². The van der Waals surface area contributed by atoms with Crippen LogP contribution in [0.4, 0.5) is 19.0 Å². The van der Waals surface area contributed by atoms with Gasteiger partial charge in [-0.1, -0.05) is 13.8 Å². The van der Waals surface area contributed by atoms with E-state index in [-0.39, 0.29) is 42.1 Å². The number of alkyl halides is 3. The van der Waals surface area contributed by atoms with Crippen LogP contribution >= 0.6 is 0 Å². The lowest BCUT2D eigenvalue weighted by Crippen LogP contribution is -2.55. The average Bonchev–Trinajstić information content (AvgIpc) is 3.58. The van der Waals surface area contributed by atoms with Gasteiger partial charge < -0.3 is 24.6 Å². The van der Waals surface area contributed by atoms with Gasteiger partial charge in [-0.15, -0.1) is 0 Å². The third-order valence-corrected chi connectivity index (χ3v) is 9.01. The third kappa shape index (κ3) is 4.60. The highest BCUT2D eigenvalue weighted by Gasteiger charge is 2.54. The lowest BCUT2D eigenvalue weighted by Gasteiger charge is -2.42. The Bertz CT molecular complexity index is 961. The van der Waals surface area contributed by atoms with Crippen molar-refractivity contribution in [3.63, 3.8) is 0 Å². The molecule has 1 aromatic rings. The molecule has 4 fully saturated rings. The fraction of sp³-hybridized carbons (Fsp3) is 0.769. The molecule has 1 aliphatic carbocycles. The molecule has 1 amide bonds. The second-order valence-electron chi connectivity index (χ2n) is 11.2. The number of piperazine rings is 1. The summed E-state index contributed by atoms with van der Waals surface area (Å²) in [5, 5.41) is 3.77. The molecule has 3 aliphatic heterocycles. The van der Waals surface area contributed by atoms with Crippen LogP contribution in [0.15, 0.2) is 18.3 Å². The van der Waals surface area contributed by atoms with Gasteiger partial charge in [-0.05, 0) is 50.2 Å². The number of nitrogens with one attached hydrogen (secondary N) is 1. The normalized spacial score (nSPS) is 34.7. The van der Waals surface area contributed by atoms with Crippen molar-refractivity contribution in [3.05, 3.63) is 23.9 Å². The summed E-state index contributed by atoms with van der Waals surface area (Å²) in [4.78, 5) is 22.2. The second kappa shape index (κ2) is 9.76. The van der Waals surface area contributed by atoms with E-state index in [2.05, 4.69) is 24.1 Å². The number of carbonyl (C=O) groups excluding carboxylic acids is 1. The van der Waals surface area contributed by atoms with E-state index in [1.807, 2.05) is 9.80 Å². The number of aromatic nitrogens is 1. The molecule has 6 atom stereocenters. The minimum Gasteiger partial charge on any atom is -0.379 e. The van der Waals surface area contributed by atoms with Gasteiger partial charge in [0.05, 0.1) is 35.8 Å². The van der Waals surface area contributed by atoms with Gasteiger partial charge in [0, 0.05) is 45.1 Å². The number of ether oxygens (including phenoxy) is 2. The van der Waals surface area contributed by atoms with E-state index in [4.69, 9.17) is 9.47 Å². The maximum absolute atomic E-state index is 14.1. The van der Waals surface area contributed by atoms with Crippen molar-refractivity contribution < 1.29 is 27.4 Å². The van der Waals surface area contributed by atoms with E-state index in [0.29, 0.717) is 32.1 Å². The molecule has 1 N–H and O–H groups in total. The molecule has 0 unspecified atom stereocenters. The molecule has 1 saturated carbocycles. The van der Waals surface area contributed by atoms with E-state index in [1.54, 1.807) is 7.11 Å². The predicted octanol–water partition coefficient (Wildman–Crippen LogP) is 3.48. The minimum atomic E-state index is -4.40. The quantitative estimate of drug-likeness (QED) is 0.632. The number of nitrogens with zero attached hydrogens (tertiary/aromatic N) is 3. The van der Waals surface area contributed by atoms with E-state index in [1.165, 1.54) is 6.20 Å². The zero-order valence-corrected chi connectivity index (χ0v) is 21.3. The summed E-state index contributed by atoms with van der Waals surface area (Å²) < 4.78 is 50.8. The molecule has 1 aromatic heterocycles. The molecule has 5 rings (SSSR count). The summed E-state index contributed by atoms with van der Waals surface area (Å²) in [5.41, 5.74) is -1.11. The number of amides is 1. The van der Waals surface area contributed by atoms with E-state index < -0.39 is 17.2 Å². The van der Waals surface area contributed by atoms with Gasteiger partial charge in [0.2, 0.25) is 5.91 Å². The lowest BCUT2D eigenvalue weighted by atomic mass is 9.74. The zero-order valence-electron chi connectivity index (χ0n) is 21.3. The Kier molecular flexibility index (Phi) is 6.97. The summed E-state index contributed by atoms with van der Waals surface area (Å²) in [6.45, 7) is 6.65. The maximum Gasteiger partial charge on any atom is 0.416 e. The lowest BCUT2D eigenvalue weighted by molar-refractivity contribution is -0.146. The van der Waals surface area contributed by atoms with E-state index >= 15 is 0 Å². The molecule has 36 heavy (non-hydrogen) atoms. The van der Waals surface area contributed by atoms with Gasteiger partial charge in [-0.2, -0.15) is 13.2 Å². The molecule has 3 saturated heterocycles. The van der Waals surface area contributed by atoms with Crippen molar-refractivity contribution in [1.29, 1.82) is 0 Å². The first kappa shape index (κ1) is 25.7. The molecule has 0 radical (unpaired) electrons. The summed E-state index contributed by atoms with van der Waals surface area (Å²) in [6, 6.07) is 2.61. The van der Waals surface area contributed by atoms with Gasteiger partial charge >= 0.3 is 6.18 Å². The minimum absolute atomic E-state index is 0.000768. The largest absolute Gasteiger partial charge is 0.416 e. The summed E-state index contributed by atoms with van der Waals surface area (Å²) in [5.74, 6) is 0.753.